The van der Waals surface area contributed by atoms with Crippen LogP contribution in [0.5, 0.6) is 0 Å². The van der Waals surface area contributed by atoms with Crippen molar-refractivity contribution < 1.29 is 13.2 Å². The topological polar surface area (TPSA) is 63.6 Å². The van der Waals surface area contributed by atoms with Crippen molar-refractivity contribution in [1.82, 2.24) is 0 Å². The number of allylic oxidation sites excluding steroid dienone is 4. The molecular formula is C9H7Cl2NO3S. The first-order chi connectivity index (χ1) is 7.40. The highest BCUT2D eigenvalue weighted by molar-refractivity contribution is 7.91. The number of rotatable bonds is 2. The highest BCUT2D eigenvalue weighted by Crippen LogP contribution is 2.30. The molecule has 0 atom stereocenters. The lowest BCUT2D eigenvalue weighted by Gasteiger charge is -2.05. The van der Waals surface area contributed by atoms with E-state index in [-0.39, 0.29) is 15.8 Å². The molecule has 0 aromatic heterocycles. The van der Waals surface area contributed by atoms with Crippen LogP contribution < -0.4 is 0 Å². The average molecular weight is 280 g/mol. The molecule has 0 aromatic carbocycles. The Hall–Kier alpha value is -0.650. The summed E-state index contributed by atoms with van der Waals surface area (Å²) in [5.74, 6) is -0.522. The van der Waals surface area contributed by atoms with Gasteiger partial charge in [0.05, 0.1) is 21.0 Å². The van der Waals surface area contributed by atoms with Crippen molar-refractivity contribution in [2.24, 2.45) is 4.40 Å². The van der Waals surface area contributed by atoms with E-state index in [9.17, 15) is 13.2 Å². The first-order valence-electron chi connectivity index (χ1n) is 4.53. The van der Waals surface area contributed by atoms with E-state index in [2.05, 4.69) is 4.40 Å². The molecule has 1 fully saturated rings. The standard InChI is InChI=1S/C9H7Cl2NO3S/c10-7-3-5(4-8(11)9(7)13)12-16(14,15)6-1-2-6/h3-4,6H,1-2H2. The Kier molecular flexibility index (Phi) is 2.94. The summed E-state index contributed by atoms with van der Waals surface area (Å²) in [6.07, 6.45) is 3.67. The lowest BCUT2D eigenvalue weighted by atomic mass is 10.1. The number of ketones is 1. The number of hydrogen-bond donors (Lipinski definition) is 0. The number of carbonyl (C=O) groups excluding carboxylic acids is 1. The van der Waals surface area contributed by atoms with Crippen LogP contribution in [0, 0.1) is 0 Å². The van der Waals surface area contributed by atoms with Gasteiger partial charge in [-0.25, -0.2) is 8.42 Å². The minimum absolute atomic E-state index is 0.0986. The molecule has 0 amide bonds. The summed E-state index contributed by atoms with van der Waals surface area (Å²) in [7, 11) is -3.48. The van der Waals surface area contributed by atoms with Crippen molar-refractivity contribution >= 4 is 44.7 Å². The summed E-state index contributed by atoms with van der Waals surface area (Å²) in [6, 6.07) is 0. The fourth-order valence-corrected chi connectivity index (χ4v) is 2.94. The van der Waals surface area contributed by atoms with Crippen LogP contribution in [0.25, 0.3) is 0 Å². The lowest BCUT2D eigenvalue weighted by Crippen LogP contribution is -2.11. The molecule has 0 aromatic rings. The van der Waals surface area contributed by atoms with Gasteiger partial charge in [0.25, 0.3) is 10.0 Å². The molecule has 16 heavy (non-hydrogen) atoms. The van der Waals surface area contributed by atoms with E-state index in [1.54, 1.807) is 0 Å². The van der Waals surface area contributed by atoms with Crippen molar-refractivity contribution in [2.75, 3.05) is 0 Å². The third-order valence-corrected chi connectivity index (χ3v) is 4.50. The van der Waals surface area contributed by atoms with E-state index < -0.39 is 21.1 Å². The highest BCUT2D eigenvalue weighted by atomic mass is 35.5. The van der Waals surface area contributed by atoms with Gasteiger partial charge in [0.15, 0.2) is 0 Å². The largest absolute Gasteiger partial charge is 0.287 e. The van der Waals surface area contributed by atoms with E-state index in [0.29, 0.717) is 12.8 Å². The van der Waals surface area contributed by atoms with Crippen LogP contribution in [0.3, 0.4) is 0 Å². The molecule has 4 nitrogen and oxygen atoms in total. The molecular weight excluding hydrogens is 273 g/mol. The van der Waals surface area contributed by atoms with E-state index in [1.807, 2.05) is 0 Å². The van der Waals surface area contributed by atoms with Crippen molar-refractivity contribution in [3.05, 3.63) is 22.2 Å². The van der Waals surface area contributed by atoms with Gasteiger partial charge in [-0.05, 0) is 25.0 Å². The van der Waals surface area contributed by atoms with Gasteiger partial charge in [-0.3, -0.25) is 4.79 Å². The first kappa shape index (κ1) is 11.8. The summed E-state index contributed by atoms with van der Waals surface area (Å²) in [6.45, 7) is 0. The van der Waals surface area contributed by atoms with Crippen LogP contribution in [-0.2, 0) is 14.8 Å². The third kappa shape index (κ3) is 2.36. The second-order valence-corrected chi connectivity index (χ2v) is 6.24. The van der Waals surface area contributed by atoms with E-state index in [0.717, 1.165) is 0 Å². The summed E-state index contributed by atoms with van der Waals surface area (Å²) >= 11 is 11.2. The minimum Gasteiger partial charge on any atom is -0.287 e. The van der Waals surface area contributed by atoms with Gasteiger partial charge >= 0.3 is 0 Å². The van der Waals surface area contributed by atoms with Gasteiger partial charge in [0.1, 0.15) is 0 Å². The minimum atomic E-state index is -3.48. The van der Waals surface area contributed by atoms with Crippen molar-refractivity contribution in [1.29, 1.82) is 0 Å². The zero-order chi connectivity index (χ0) is 11.9. The summed E-state index contributed by atoms with van der Waals surface area (Å²) in [5.41, 5.74) is 0.0986. The molecule has 0 unspecified atom stereocenters. The summed E-state index contributed by atoms with van der Waals surface area (Å²) < 4.78 is 26.7. The number of sulfonamides is 1. The molecule has 86 valence electrons. The average Bonchev–Trinajstić information content (AvgIpc) is 2.96. The van der Waals surface area contributed by atoms with Gasteiger partial charge in [-0.1, -0.05) is 23.2 Å². The van der Waals surface area contributed by atoms with Gasteiger partial charge in [0, 0.05) is 0 Å². The van der Waals surface area contributed by atoms with Crippen LogP contribution in [0.4, 0.5) is 0 Å². The van der Waals surface area contributed by atoms with Gasteiger partial charge in [-0.15, -0.1) is 0 Å². The molecule has 0 N–H and O–H groups in total. The Balaban J connectivity index is 2.36. The number of hydrogen-bond acceptors (Lipinski definition) is 3. The molecule has 0 heterocycles. The van der Waals surface area contributed by atoms with E-state index >= 15 is 0 Å². The third-order valence-electron chi connectivity index (χ3n) is 2.16. The Morgan fingerprint density at radius 1 is 1.19 bits per heavy atom. The summed E-state index contributed by atoms with van der Waals surface area (Å²) in [5, 5.41) is -0.647. The van der Waals surface area contributed by atoms with Crippen LogP contribution in [0.15, 0.2) is 26.6 Å². The Bertz CT molecular complexity index is 517. The van der Waals surface area contributed by atoms with Crippen molar-refractivity contribution in [2.45, 2.75) is 18.1 Å². The fraction of sp³-hybridized carbons (Fsp3) is 0.333. The zero-order valence-electron chi connectivity index (χ0n) is 7.98. The second kappa shape index (κ2) is 3.98. The smallest absolute Gasteiger partial charge is 0.256 e. The van der Waals surface area contributed by atoms with Crippen LogP contribution in [0.1, 0.15) is 12.8 Å². The number of halogens is 2. The Labute approximate surface area is 103 Å². The predicted octanol–water partition coefficient (Wildman–Crippen LogP) is 1.75. The Morgan fingerprint density at radius 2 is 1.69 bits per heavy atom. The SMILES string of the molecule is O=C1C(Cl)=CC(=NS(=O)(=O)C2CC2)C=C1Cl. The molecule has 0 spiro atoms. The van der Waals surface area contributed by atoms with Crippen molar-refractivity contribution in [3.8, 4) is 0 Å². The van der Waals surface area contributed by atoms with Crippen molar-refractivity contribution in [3.63, 3.8) is 0 Å². The molecule has 0 radical (unpaired) electrons. The number of nitrogens with zero attached hydrogens (tertiary/aromatic N) is 1. The lowest BCUT2D eigenvalue weighted by molar-refractivity contribution is -0.111. The predicted molar refractivity (Wildman–Crippen MR) is 62.3 cm³/mol. The second-order valence-electron chi connectivity index (χ2n) is 3.54. The normalized spacial score (nSPS) is 21.6. The quantitative estimate of drug-likeness (QED) is 0.724. The molecule has 0 bridgehead atoms. The van der Waals surface area contributed by atoms with Crippen LogP contribution in [-0.4, -0.2) is 25.2 Å². The Morgan fingerprint density at radius 3 is 2.12 bits per heavy atom. The molecule has 0 saturated heterocycles. The van der Waals surface area contributed by atoms with Crippen LogP contribution in [0.2, 0.25) is 0 Å². The van der Waals surface area contributed by atoms with Gasteiger partial charge < -0.3 is 0 Å². The first-order valence-corrected chi connectivity index (χ1v) is 6.79. The number of carbonyl (C=O) groups is 1. The highest BCUT2D eigenvalue weighted by Gasteiger charge is 2.35. The van der Waals surface area contributed by atoms with E-state index in [4.69, 9.17) is 23.2 Å². The zero-order valence-corrected chi connectivity index (χ0v) is 10.3. The molecule has 2 rings (SSSR count). The van der Waals surface area contributed by atoms with E-state index in [1.165, 1.54) is 12.2 Å². The van der Waals surface area contributed by atoms with Gasteiger partial charge in [0.2, 0.25) is 5.78 Å². The molecule has 7 heteroatoms. The van der Waals surface area contributed by atoms with Crippen LogP contribution >= 0.6 is 23.2 Å². The maximum atomic E-state index is 11.5. The fourth-order valence-electron chi connectivity index (χ4n) is 1.19. The summed E-state index contributed by atoms with van der Waals surface area (Å²) in [4.78, 5) is 11.2. The molecule has 2 aliphatic rings. The maximum Gasteiger partial charge on any atom is 0.256 e. The maximum absolute atomic E-state index is 11.5. The van der Waals surface area contributed by atoms with Gasteiger partial charge in [-0.2, -0.15) is 4.40 Å². The number of Topliss-reactive ketones (excluding diaryl/α,β-unsaturated/α-hetero) is 1. The molecule has 0 aliphatic heterocycles. The monoisotopic (exact) mass is 279 g/mol. The molecule has 2 aliphatic carbocycles. The molecule has 1 saturated carbocycles.